The van der Waals surface area contributed by atoms with Gasteiger partial charge in [-0.15, -0.1) is 77.8 Å². The molecule has 0 saturated carbocycles. The molecule has 0 atom stereocenters. The molecule has 0 aliphatic heterocycles. The molecule has 5 rings (SSSR count). The summed E-state index contributed by atoms with van der Waals surface area (Å²) in [4.78, 5) is 0. The van der Waals surface area contributed by atoms with E-state index in [9.17, 15) is 0 Å². The van der Waals surface area contributed by atoms with Crippen LogP contribution in [0.3, 0.4) is 0 Å². The molecule has 0 radical (unpaired) electrons. The van der Waals surface area contributed by atoms with Gasteiger partial charge in [0.25, 0.3) is 0 Å². The quantitative estimate of drug-likeness (QED) is 0.110. The summed E-state index contributed by atoms with van der Waals surface area (Å²) in [6, 6.07) is 34.7. The molecule has 0 amide bonds. The van der Waals surface area contributed by atoms with Gasteiger partial charge in [-0.25, -0.2) is 0 Å². The van der Waals surface area contributed by atoms with Crippen LogP contribution < -0.4 is 0 Å². The first-order valence-corrected chi connectivity index (χ1v) is 12.2. The molecule has 198 valence electrons. The van der Waals surface area contributed by atoms with Gasteiger partial charge in [0.05, 0.1) is 0 Å². The van der Waals surface area contributed by atoms with Gasteiger partial charge in [-0.05, 0) is 58.2 Å². The third kappa shape index (κ3) is 6.11. The number of rotatable bonds is 4. The molecule has 0 aromatic heterocycles. The fraction of sp³-hybridized carbons (Fsp3) is 0.206. The molecular formula is C34H36Cl3Ti-. The Morgan fingerprint density at radius 2 is 0.816 bits per heavy atom. The van der Waals surface area contributed by atoms with Crippen LogP contribution in [-0.2, 0) is 27.1 Å². The van der Waals surface area contributed by atoms with Crippen molar-refractivity contribution in [3.63, 3.8) is 0 Å². The van der Waals surface area contributed by atoms with E-state index in [0.29, 0.717) is 0 Å². The van der Waals surface area contributed by atoms with Crippen molar-refractivity contribution in [3.8, 4) is 0 Å². The summed E-state index contributed by atoms with van der Waals surface area (Å²) >= 11 is 0. The van der Waals surface area contributed by atoms with E-state index in [2.05, 4.69) is 133 Å². The second-order valence-corrected chi connectivity index (χ2v) is 10.2. The van der Waals surface area contributed by atoms with Crippen molar-refractivity contribution >= 4 is 48.0 Å². The van der Waals surface area contributed by atoms with E-state index in [0.717, 1.165) is 0 Å². The first-order valence-electron chi connectivity index (χ1n) is 12.2. The normalized spacial score (nSPS) is 10.6. The van der Waals surface area contributed by atoms with Gasteiger partial charge in [0.2, 0.25) is 0 Å². The zero-order chi connectivity index (χ0) is 24.0. The topological polar surface area (TPSA) is 0 Å². The molecule has 0 saturated heterocycles. The van der Waals surface area contributed by atoms with Gasteiger partial charge in [-0.2, -0.15) is 6.07 Å². The predicted molar refractivity (Wildman–Crippen MR) is 168 cm³/mol. The molecule has 0 aliphatic rings. The van der Waals surface area contributed by atoms with E-state index in [1.807, 2.05) is 0 Å². The van der Waals surface area contributed by atoms with E-state index in [1.54, 1.807) is 0 Å². The van der Waals surface area contributed by atoms with Crippen molar-refractivity contribution in [1.82, 2.24) is 0 Å². The Labute approximate surface area is 261 Å². The second kappa shape index (κ2) is 13.4. The van der Waals surface area contributed by atoms with Crippen molar-refractivity contribution < 1.29 is 21.7 Å². The largest absolute Gasteiger partial charge is 0.168 e. The molecule has 0 spiro atoms. The number of halogens is 3. The van der Waals surface area contributed by atoms with Crippen LogP contribution in [0.1, 0.15) is 55.6 Å². The Hall–Kier alpha value is -1.93. The van der Waals surface area contributed by atoms with Crippen LogP contribution in [0.15, 0.2) is 91.0 Å². The minimum absolute atomic E-state index is 0. The van der Waals surface area contributed by atoms with Crippen LogP contribution in [-0.4, -0.2) is 0 Å². The predicted octanol–water partition coefficient (Wildman–Crippen LogP) is 10.1. The second-order valence-electron chi connectivity index (χ2n) is 10.2. The molecule has 0 aliphatic carbocycles. The fourth-order valence-electron chi connectivity index (χ4n) is 6.02. The zero-order valence-electron chi connectivity index (χ0n) is 22.9. The summed E-state index contributed by atoms with van der Waals surface area (Å²) in [5, 5.41) is 2.61. The van der Waals surface area contributed by atoms with E-state index >= 15 is 0 Å². The van der Waals surface area contributed by atoms with E-state index in [4.69, 9.17) is 0 Å². The molecular weight excluding hydrogens is 563 g/mol. The molecule has 0 fully saturated rings. The van der Waals surface area contributed by atoms with Crippen LogP contribution >= 0.6 is 37.2 Å². The van der Waals surface area contributed by atoms with Gasteiger partial charge < -0.3 is 0 Å². The van der Waals surface area contributed by atoms with Crippen LogP contribution in [0, 0.1) is 41.5 Å². The van der Waals surface area contributed by atoms with E-state index < -0.39 is 5.41 Å². The number of aryl methyl sites for hydroxylation is 6. The van der Waals surface area contributed by atoms with E-state index in [1.165, 1.54) is 66.4 Å². The van der Waals surface area contributed by atoms with Gasteiger partial charge in [-0.1, -0.05) is 94.0 Å². The van der Waals surface area contributed by atoms with Gasteiger partial charge in [0, 0.05) is 27.1 Å². The third-order valence-electron chi connectivity index (χ3n) is 7.05. The van der Waals surface area contributed by atoms with Gasteiger partial charge >= 0.3 is 0 Å². The summed E-state index contributed by atoms with van der Waals surface area (Å²) in [5.74, 6) is 0. The SMILES string of the molecule is Cc1cc(C)cc(C(c2cc(C)cc(C)c2)(c2cc(C)cc(C)c2)[c-]2ccc3ccccc32)c1.Cl.Cl.Cl.[Ti]. The first kappa shape index (κ1) is 34.1. The summed E-state index contributed by atoms with van der Waals surface area (Å²) in [6.07, 6.45) is 0. The molecule has 5 aromatic rings. The van der Waals surface area contributed by atoms with Crippen LogP contribution in [0.25, 0.3) is 10.8 Å². The third-order valence-corrected chi connectivity index (χ3v) is 7.05. The van der Waals surface area contributed by atoms with Crippen LogP contribution in [0.5, 0.6) is 0 Å². The molecule has 0 heterocycles. The molecule has 4 heteroatoms. The average Bonchev–Trinajstić information content (AvgIpc) is 3.17. The van der Waals surface area contributed by atoms with Crippen molar-refractivity contribution in [3.05, 3.63) is 147 Å². The van der Waals surface area contributed by atoms with Gasteiger partial charge in [0.1, 0.15) is 0 Å². The van der Waals surface area contributed by atoms with Gasteiger partial charge in [0.15, 0.2) is 0 Å². The Kier molecular flexibility index (Phi) is 12.0. The minimum atomic E-state index is -0.423. The zero-order valence-corrected chi connectivity index (χ0v) is 26.9. The average molecular weight is 599 g/mol. The number of benzene rings is 4. The van der Waals surface area contributed by atoms with E-state index in [-0.39, 0.29) is 58.9 Å². The summed E-state index contributed by atoms with van der Waals surface area (Å²) < 4.78 is 0. The maximum absolute atomic E-state index is 2.39. The monoisotopic (exact) mass is 597 g/mol. The molecule has 0 unspecified atom stereocenters. The summed E-state index contributed by atoms with van der Waals surface area (Å²) in [6.45, 7) is 13.3. The van der Waals surface area contributed by atoms with Crippen molar-refractivity contribution in [2.45, 2.75) is 47.0 Å². The minimum Gasteiger partial charge on any atom is -0.168 e. The van der Waals surface area contributed by atoms with Crippen LogP contribution in [0.4, 0.5) is 0 Å². The van der Waals surface area contributed by atoms with Crippen LogP contribution in [0.2, 0.25) is 0 Å². The standard InChI is InChI=1S/C34H33.3ClH.Ti/c1-22-13-23(2)17-29(16-22)34(30-18-24(3)14-25(4)19-30,31-20-26(5)15-27(6)21-31)33-12-11-28-9-7-8-10-32(28)33;;;;/h7-21H,1-6H3;3*1H;/q-1;;;;. The fourth-order valence-corrected chi connectivity index (χ4v) is 6.02. The summed E-state index contributed by atoms with van der Waals surface area (Å²) in [7, 11) is 0. The van der Waals surface area contributed by atoms with Crippen molar-refractivity contribution in [1.29, 1.82) is 0 Å². The molecule has 38 heavy (non-hydrogen) atoms. The molecule has 0 N–H and O–H groups in total. The number of hydrogen-bond donors (Lipinski definition) is 0. The number of fused-ring (bicyclic) bond motifs is 1. The first-order chi connectivity index (χ1) is 16.3. The van der Waals surface area contributed by atoms with Gasteiger partial charge in [-0.3, -0.25) is 0 Å². The maximum atomic E-state index is 2.39. The maximum Gasteiger partial charge on any atom is 0.0366 e. The smallest absolute Gasteiger partial charge is 0.0366 e. The van der Waals surface area contributed by atoms with Crippen molar-refractivity contribution in [2.75, 3.05) is 0 Å². The Morgan fingerprint density at radius 3 is 1.18 bits per heavy atom. The number of hydrogen-bond acceptors (Lipinski definition) is 0. The molecule has 0 nitrogen and oxygen atoms in total. The Balaban J connectivity index is 0.00000180. The summed E-state index contributed by atoms with van der Waals surface area (Å²) in [5.41, 5.74) is 12.7. The Morgan fingerprint density at radius 1 is 0.474 bits per heavy atom. The molecule has 5 aromatic carbocycles. The van der Waals surface area contributed by atoms with Crippen molar-refractivity contribution in [2.24, 2.45) is 0 Å². The molecule has 0 bridgehead atoms. The Bertz CT molecular complexity index is 1340.